The Bertz CT molecular complexity index is 1330. The molecule has 0 aromatic heterocycles. The molecular weight excluding hydrogens is 660 g/mol. The lowest BCUT2D eigenvalue weighted by Gasteiger charge is -2.64. The zero-order chi connectivity index (χ0) is 35.9. The highest BCUT2D eigenvalue weighted by atomic mass is 16.7. The topological polar surface area (TPSA) is 242 Å². The van der Waals surface area contributed by atoms with Crippen LogP contribution in [0.1, 0.15) is 65.2 Å². The molecule has 15 heteroatoms. The fourth-order valence-electron chi connectivity index (χ4n) is 11.3. The predicted molar refractivity (Wildman–Crippen MR) is 167 cm³/mol. The van der Waals surface area contributed by atoms with Crippen LogP contribution in [0.2, 0.25) is 0 Å². The second kappa shape index (κ2) is 13.4. The highest BCUT2D eigenvalue weighted by molar-refractivity contribution is 5.85. The molecule has 4 saturated carbocycles. The largest absolute Gasteiger partial charge is 0.458 e. The van der Waals surface area contributed by atoms with Crippen molar-refractivity contribution in [2.75, 3.05) is 13.2 Å². The molecule has 0 amide bonds. The molecule has 3 heterocycles. The standard InChI is InChI=1S/C35H52O15/c1-15-30(50-32-28(43)26(41)25(40)22(12-36)49-32)27(42)29(44)31(47-15)48-18-5-7-34(14-37)17(10-18)3-4-20-24(34)21(38)11-33(2)19(6-8-35(20,33)45)16-9-23(39)46-13-16/h9,14-15,17-22,24-32,36,38,40-45H,3-8,10-13H2,1-2H3/t15-,17-,18-,19+,20-,21-,22-,24-,25-,26-,27+,28-,29-,30-,31-,32-,33-,34-,35+/m1/s1. The quantitative estimate of drug-likeness (QED) is 0.0845. The molecule has 6 fully saturated rings. The molecule has 0 unspecified atom stereocenters. The van der Waals surface area contributed by atoms with Crippen molar-refractivity contribution in [1.82, 2.24) is 0 Å². The third-order valence-corrected chi connectivity index (χ3v) is 13.9. The van der Waals surface area contributed by atoms with Gasteiger partial charge in [0.15, 0.2) is 12.6 Å². The summed E-state index contributed by atoms with van der Waals surface area (Å²) in [5, 5.41) is 86.5. The summed E-state index contributed by atoms with van der Waals surface area (Å²) in [6.45, 7) is 3.12. The first-order valence-corrected chi connectivity index (χ1v) is 18.1. The summed E-state index contributed by atoms with van der Waals surface area (Å²) in [7, 11) is 0. The van der Waals surface area contributed by atoms with Gasteiger partial charge in [-0.2, -0.15) is 0 Å². The van der Waals surface area contributed by atoms with Crippen LogP contribution >= 0.6 is 0 Å². The van der Waals surface area contributed by atoms with Gasteiger partial charge < -0.3 is 69.3 Å². The van der Waals surface area contributed by atoms with E-state index in [0.717, 1.165) is 11.9 Å². The average Bonchev–Trinajstić information content (AvgIpc) is 3.64. The highest BCUT2D eigenvalue weighted by Gasteiger charge is 2.71. The molecule has 0 aromatic rings. The Hall–Kier alpha value is -1.60. The van der Waals surface area contributed by atoms with Crippen LogP contribution < -0.4 is 0 Å². The molecule has 4 aliphatic carbocycles. The van der Waals surface area contributed by atoms with Crippen LogP contribution in [0.3, 0.4) is 0 Å². The molecule has 0 radical (unpaired) electrons. The third-order valence-electron chi connectivity index (χ3n) is 13.9. The Labute approximate surface area is 290 Å². The molecule has 50 heavy (non-hydrogen) atoms. The number of hydrogen-bond donors (Lipinski definition) is 8. The van der Waals surface area contributed by atoms with Gasteiger partial charge in [-0.15, -0.1) is 0 Å². The Morgan fingerprint density at radius 2 is 1.64 bits per heavy atom. The molecule has 8 N–H and O–H groups in total. The van der Waals surface area contributed by atoms with Crippen molar-refractivity contribution in [2.45, 2.75) is 144 Å². The minimum Gasteiger partial charge on any atom is -0.458 e. The molecule has 0 aromatic carbocycles. The van der Waals surface area contributed by atoms with Gasteiger partial charge >= 0.3 is 5.97 Å². The van der Waals surface area contributed by atoms with Crippen molar-refractivity contribution in [3.05, 3.63) is 11.6 Å². The number of aliphatic hydroxyl groups excluding tert-OH is 7. The molecule has 2 saturated heterocycles. The van der Waals surface area contributed by atoms with E-state index in [0.29, 0.717) is 51.4 Å². The number of hydrogen-bond acceptors (Lipinski definition) is 15. The van der Waals surface area contributed by atoms with Crippen LogP contribution in [0.4, 0.5) is 0 Å². The lowest BCUT2D eigenvalue weighted by atomic mass is 9.42. The summed E-state index contributed by atoms with van der Waals surface area (Å²) in [4.78, 5) is 25.0. The molecule has 3 aliphatic heterocycles. The number of carbonyl (C=O) groups is 2. The van der Waals surface area contributed by atoms with Crippen molar-refractivity contribution >= 4 is 12.3 Å². The Morgan fingerprint density at radius 1 is 0.920 bits per heavy atom. The number of fused-ring (bicyclic) bond motifs is 5. The lowest BCUT2D eigenvalue weighted by molar-refractivity contribution is -0.360. The number of cyclic esters (lactones) is 1. The van der Waals surface area contributed by atoms with Crippen molar-refractivity contribution in [2.24, 2.45) is 34.5 Å². The fraction of sp³-hybridized carbons (Fsp3) is 0.886. The van der Waals surface area contributed by atoms with E-state index < -0.39 is 103 Å². The van der Waals surface area contributed by atoms with E-state index in [1.165, 1.54) is 6.08 Å². The summed E-state index contributed by atoms with van der Waals surface area (Å²) in [6, 6.07) is 0. The van der Waals surface area contributed by atoms with Gasteiger partial charge in [-0.1, -0.05) is 6.92 Å². The van der Waals surface area contributed by atoms with Crippen LogP contribution in [0.5, 0.6) is 0 Å². The number of aliphatic hydroxyl groups is 8. The van der Waals surface area contributed by atoms with E-state index in [-0.39, 0.29) is 30.3 Å². The molecule has 0 spiro atoms. The maximum atomic E-state index is 13.2. The van der Waals surface area contributed by atoms with Gasteiger partial charge in [0, 0.05) is 22.8 Å². The number of carbonyl (C=O) groups excluding carboxylic acids is 2. The number of aldehydes is 1. The van der Waals surface area contributed by atoms with Crippen molar-refractivity contribution in [3.8, 4) is 0 Å². The van der Waals surface area contributed by atoms with Crippen LogP contribution in [0.15, 0.2) is 11.6 Å². The Morgan fingerprint density at radius 3 is 2.32 bits per heavy atom. The number of rotatable bonds is 7. The van der Waals surface area contributed by atoms with Gasteiger partial charge in [-0.05, 0) is 81.6 Å². The van der Waals surface area contributed by atoms with Crippen molar-refractivity contribution in [3.63, 3.8) is 0 Å². The summed E-state index contributed by atoms with van der Waals surface area (Å²) >= 11 is 0. The molecule has 282 valence electrons. The first-order valence-electron chi connectivity index (χ1n) is 18.1. The van der Waals surface area contributed by atoms with Crippen LogP contribution in [-0.2, 0) is 33.3 Å². The average molecular weight is 713 g/mol. The normalized spacial score (nSPS) is 55.0. The minimum absolute atomic E-state index is 0.106. The van der Waals surface area contributed by atoms with Crippen LogP contribution in [0, 0.1) is 34.5 Å². The van der Waals surface area contributed by atoms with Crippen LogP contribution in [-0.4, -0.2) is 146 Å². The highest BCUT2D eigenvalue weighted by Crippen LogP contribution is 2.69. The molecule has 7 rings (SSSR count). The van der Waals surface area contributed by atoms with E-state index in [4.69, 9.17) is 23.7 Å². The summed E-state index contributed by atoms with van der Waals surface area (Å²) in [5.74, 6) is -1.41. The van der Waals surface area contributed by atoms with E-state index >= 15 is 0 Å². The zero-order valence-electron chi connectivity index (χ0n) is 28.4. The van der Waals surface area contributed by atoms with Gasteiger partial charge in [0.05, 0.1) is 30.5 Å². The molecule has 15 nitrogen and oxygen atoms in total. The SMILES string of the molecule is C[C@H]1O[C@H](O[C@@H]2CC[C@@]3(C=O)[C@H](CC[C@@H]4[C@@H]3[C@H](O)C[C@]3(C)[C@H](C5=CC(=O)OC5)CC[C@]43O)C2)[C@H](O)[C@H](O)[C@@H]1O[C@H]1O[C@H](CO)[C@@H](O)[C@@H](O)[C@H]1O. The van der Waals surface area contributed by atoms with Gasteiger partial charge in [-0.25, -0.2) is 4.79 Å². The van der Waals surface area contributed by atoms with Crippen molar-refractivity contribution < 1.29 is 74.1 Å². The maximum Gasteiger partial charge on any atom is 0.331 e. The summed E-state index contributed by atoms with van der Waals surface area (Å²) in [6.07, 6.45) is -9.03. The molecule has 19 atom stereocenters. The molecule has 0 bridgehead atoms. The smallest absolute Gasteiger partial charge is 0.331 e. The number of ether oxygens (including phenoxy) is 5. The van der Waals surface area contributed by atoms with Crippen LogP contribution in [0.25, 0.3) is 0 Å². The first kappa shape index (κ1) is 36.7. The van der Waals surface area contributed by atoms with Gasteiger partial charge in [0.1, 0.15) is 55.6 Å². The van der Waals surface area contributed by atoms with Gasteiger partial charge in [-0.3, -0.25) is 0 Å². The second-order valence-corrected chi connectivity index (χ2v) is 16.2. The Balaban J connectivity index is 1.02. The van der Waals surface area contributed by atoms with Crippen molar-refractivity contribution in [1.29, 1.82) is 0 Å². The summed E-state index contributed by atoms with van der Waals surface area (Å²) in [5.41, 5.74) is -1.83. The molecule has 7 aliphatic rings. The predicted octanol–water partition coefficient (Wildman–Crippen LogP) is -1.57. The van der Waals surface area contributed by atoms with E-state index in [2.05, 4.69) is 0 Å². The lowest BCUT2D eigenvalue weighted by Crippen LogP contribution is -2.67. The fourth-order valence-corrected chi connectivity index (χ4v) is 11.3. The minimum atomic E-state index is -1.70. The summed E-state index contributed by atoms with van der Waals surface area (Å²) < 4.78 is 28.5. The van der Waals surface area contributed by atoms with E-state index in [1.54, 1.807) is 6.92 Å². The van der Waals surface area contributed by atoms with E-state index in [1.807, 2.05) is 6.92 Å². The van der Waals surface area contributed by atoms with E-state index in [9.17, 15) is 50.4 Å². The monoisotopic (exact) mass is 712 g/mol. The number of esters is 1. The van der Waals surface area contributed by atoms with Gasteiger partial charge in [0.2, 0.25) is 0 Å². The maximum absolute atomic E-state index is 13.2. The Kier molecular flexibility index (Phi) is 9.82. The first-order chi connectivity index (χ1) is 23.7. The zero-order valence-corrected chi connectivity index (χ0v) is 28.4. The second-order valence-electron chi connectivity index (χ2n) is 16.2. The third kappa shape index (κ3) is 5.54. The molecular formula is C35H52O15. The van der Waals surface area contributed by atoms with Gasteiger partial charge in [0.25, 0.3) is 0 Å².